The predicted octanol–water partition coefficient (Wildman–Crippen LogP) is 3.71. The summed E-state index contributed by atoms with van der Waals surface area (Å²) >= 11 is 1.57. The van der Waals surface area contributed by atoms with E-state index in [9.17, 15) is 13.6 Å². The minimum atomic E-state index is -2.48. The van der Waals surface area contributed by atoms with Gasteiger partial charge in [-0.3, -0.25) is 4.79 Å². The molecule has 3 rings (SSSR count). The molecule has 0 aliphatic carbocycles. The Morgan fingerprint density at radius 1 is 1.21 bits per heavy atom. The zero-order valence-electron chi connectivity index (χ0n) is 15.2. The van der Waals surface area contributed by atoms with Gasteiger partial charge in [0.05, 0.1) is 18.4 Å². The largest absolute Gasteiger partial charge is 0.496 e. The van der Waals surface area contributed by atoms with Gasteiger partial charge in [-0.25, -0.2) is 4.68 Å². The molecule has 0 bridgehead atoms. The maximum atomic E-state index is 12.3. The number of hydrogen-bond donors (Lipinski definition) is 2. The molecule has 0 radical (unpaired) electrons. The Labute approximate surface area is 174 Å². The molecule has 7 nitrogen and oxygen atoms in total. The lowest BCUT2D eigenvalue weighted by Gasteiger charge is -2.08. The van der Waals surface area contributed by atoms with Crippen molar-refractivity contribution in [1.82, 2.24) is 14.9 Å². The van der Waals surface area contributed by atoms with E-state index in [0.717, 1.165) is 11.8 Å². The molecule has 0 aliphatic rings. The Bertz CT molecular complexity index is 983. The molecule has 3 N–H and O–H groups in total. The first kappa shape index (κ1) is 20.9. The van der Waals surface area contributed by atoms with E-state index >= 15 is 0 Å². The van der Waals surface area contributed by atoms with Crippen LogP contribution in [-0.4, -0.2) is 39.4 Å². The summed E-state index contributed by atoms with van der Waals surface area (Å²) in [5.41, 5.74) is 1.20. The van der Waals surface area contributed by atoms with Gasteiger partial charge in [0.15, 0.2) is 5.82 Å². The van der Waals surface area contributed by atoms with Crippen molar-refractivity contribution in [2.24, 2.45) is 0 Å². The van der Waals surface area contributed by atoms with E-state index < -0.39 is 5.76 Å². The third-order valence-corrected chi connectivity index (χ3v) is 5.37. The maximum absolute atomic E-state index is 12.3. The minimum absolute atomic E-state index is 0.0504. The van der Waals surface area contributed by atoms with Crippen LogP contribution in [0.5, 0.6) is 5.75 Å². The molecule has 0 fully saturated rings. The van der Waals surface area contributed by atoms with Gasteiger partial charge >= 0.3 is 0 Å². The van der Waals surface area contributed by atoms with E-state index in [4.69, 9.17) is 10.6 Å². The van der Waals surface area contributed by atoms with E-state index in [1.807, 2.05) is 18.2 Å². The van der Waals surface area contributed by atoms with Crippen LogP contribution in [0.1, 0.15) is 0 Å². The first-order valence-corrected chi connectivity index (χ1v) is 10.2. The Hall–Kier alpha value is -2.79. The van der Waals surface area contributed by atoms with Gasteiger partial charge in [-0.1, -0.05) is 35.7 Å². The van der Waals surface area contributed by atoms with Crippen LogP contribution in [-0.2, 0) is 4.79 Å². The number of rotatable bonds is 8. The number of nitrogens with two attached hydrogens (primary N) is 1. The molecule has 1 aromatic heterocycles. The molecule has 0 spiro atoms. The van der Waals surface area contributed by atoms with Crippen LogP contribution >= 0.6 is 23.5 Å². The highest BCUT2D eigenvalue weighted by atomic mass is 32.2. The molecule has 0 aliphatic heterocycles. The smallest absolute Gasteiger partial charge is 0.288 e. The molecule has 0 unspecified atom stereocenters. The molecule has 11 heteroatoms. The fourth-order valence-electron chi connectivity index (χ4n) is 2.44. The number of para-hydroxylation sites is 1. The van der Waals surface area contributed by atoms with E-state index in [-0.39, 0.29) is 11.7 Å². The SMILES string of the molecule is COc1ccccc1-c1nnc(SCC(=O)Nc2ccc(SC(F)F)cc2)n1N. The molecule has 29 heavy (non-hydrogen) atoms. The first-order chi connectivity index (χ1) is 14.0. The van der Waals surface area contributed by atoms with Crippen LogP contribution < -0.4 is 15.9 Å². The van der Waals surface area contributed by atoms with Gasteiger partial charge in [0, 0.05) is 10.6 Å². The molecule has 0 atom stereocenters. The van der Waals surface area contributed by atoms with Crippen molar-refractivity contribution >= 4 is 35.1 Å². The molecule has 1 heterocycles. The number of ether oxygens (including phenoxy) is 1. The average molecular weight is 437 g/mol. The summed E-state index contributed by atoms with van der Waals surface area (Å²) in [6.45, 7) is 0. The van der Waals surface area contributed by atoms with Crippen LogP contribution in [0.25, 0.3) is 11.4 Å². The second kappa shape index (κ2) is 9.61. The number of carbonyl (C=O) groups is 1. The average Bonchev–Trinajstić information content (AvgIpc) is 3.07. The molecule has 1 amide bonds. The number of hydrogen-bond acceptors (Lipinski definition) is 7. The normalized spacial score (nSPS) is 10.9. The highest BCUT2D eigenvalue weighted by molar-refractivity contribution is 8.00. The zero-order chi connectivity index (χ0) is 20.8. The van der Waals surface area contributed by atoms with Gasteiger partial charge in [0.1, 0.15) is 5.75 Å². The monoisotopic (exact) mass is 437 g/mol. The quantitative estimate of drug-likeness (QED) is 0.410. The number of benzene rings is 2. The lowest BCUT2D eigenvalue weighted by Crippen LogP contribution is -2.16. The van der Waals surface area contributed by atoms with Crippen molar-refractivity contribution in [3.63, 3.8) is 0 Å². The molecule has 152 valence electrons. The van der Waals surface area contributed by atoms with Crippen molar-refractivity contribution in [3.05, 3.63) is 48.5 Å². The van der Waals surface area contributed by atoms with Crippen molar-refractivity contribution in [3.8, 4) is 17.1 Å². The molecular weight excluding hydrogens is 420 g/mol. The van der Waals surface area contributed by atoms with Crippen LogP contribution in [0.15, 0.2) is 58.6 Å². The molecule has 2 aromatic carbocycles. The van der Waals surface area contributed by atoms with Crippen molar-refractivity contribution in [2.45, 2.75) is 15.8 Å². The number of aromatic nitrogens is 3. The summed E-state index contributed by atoms with van der Waals surface area (Å²) in [6.07, 6.45) is 0. The Kier molecular flexibility index (Phi) is 6.94. The second-order valence-corrected chi connectivity index (χ2v) is 7.62. The standard InChI is InChI=1S/C18H17F2N5O2S2/c1-27-14-5-3-2-4-13(14)16-23-24-18(25(16)21)28-10-15(26)22-11-6-8-12(9-7-11)29-17(19)20/h2-9,17H,10,21H2,1H3,(H,22,26). The predicted molar refractivity (Wildman–Crippen MR) is 110 cm³/mol. The maximum Gasteiger partial charge on any atom is 0.288 e. The number of alkyl halides is 2. The third-order valence-electron chi connectivity index (χ3n) is 3.71. The number of nitrogens with one attached hydrogen (secondary N) is 1. The lowest BCUT2D eigenvalue weighted by molar-refractivity contribution is -0.113. The van der Waals surface area contributed by atoms with E-state index in [1.165, 1.54) is 16.8 Å². The summed E-state index contributed by atoms with van der Waals surface area (Å²) in [4.78, 5) is 12.6. The Morgan fingerprint density at radius 3 is 2.62 bits per heavy atom. The van der Waals surface area contributed by atoms with Gasteiger partial charge < -0.3 is 15.9 Å². The zero-order valence-corrected chi connectivity index (χ0v) is 16.8. The summed E-state index contributed by atoms with van der Waals surface area (Å²) in [5.74, 6) is 4.37. The molecule has 3 aromatic rings. The van der Waals surface area contributed by atoms with Crippen molar-refractivity contribution < 1.29 is 18.3 Å². The Balaban J connectivity index is 1.60. The van der Waals surface area contributed by atoms with E-state index in [0.29, 0.717) is 44.6 Å². The van der Waals surface area contributed by atoms with Gasteiger partial charge in [0.25, 0.3) is 5.76 Å². The van der Waals surface area contributed by atoms with Crippen molar-refractivity contribution in [2.75, 3.05) is 24.0 Å². The van der Waals surface area contributed by atoms with Crippen LogP contribution in [0, 0.1) is 0 Å². The number of thioether (sulfide) groups is 2. The number of amides is 1. The minimum Gasteiger partial charge on any atom is -0.496 e. The number of anilines is 1. The summed E-state index contributed by atoms with van der Waals surface area (Å²) < 4.78 is 31.3. The number of halogens is 2. The molecular formula is C18H17F2N5O2S2. The van der Waals surface area contributed by atoms with Crippen LogP contribution in [0.3, 0.4) is 0 Å². The fourth-order valence-corrected chi connectivity index (χ4v) is 3.59. The lowest BCUT2D eigenvalue weighted by atomic mass is 10.2. The molecule has 0 saturated carbocycles. The molecule has 0 saturated heterocycles. The number of nitrogen functional groups attached to an aromatic ring is 1. The van der Waals surface area contributed by atoms with Gasteiger partial charge in [-0.2, -0.15) is 8.78 Å². The highest BCUT2D eigenvalue weighted by Crippen LogP contribution is 2.29. The van der Waals surface area contributed by atoms with Crippen LogP contribution in [0.4, 0.5) is 14.5 Å². The fraction of sp³-hybridized carbons (Fsp3) is 0.167. The topological polar surface area (TPSA) is 95.1 Å². The van der Waals surface area contributed by atoms with E-state index in [1.54, 1.807) is 25.3 Å². The van der Waals surface area contributed by atoms with E-state index in [2.05, 4.69) is 15.5 Å². The highest BCUT2D eigenvalue weighted by Gasteiger charge is 2.16. The Morgan fingerprint density at radius 2 is 1.93 bits per heavy atom. The van der Waals surface area contributed by atoms with Gasteiger partial charge in [0.2, 0.25) is 11.1 Å². The second-order valence-electron chi connectivity index (χ2n) is 5.62. The summed E-state index contributed by atoms with van der Waals surface area (Å²) in [6, 6.07) is 13.4. The van der Waals surface area contributed by atoms with Gasteiger partial charge in [-0.15, -0.1) is 10.2 Å². The number of nitrogens with zero attached hydrogens (tertiary/aromatic N) is 3. The first-order valence-electron chi connectivity index (χ1n) is 8.29. The summed E-state index contributed by atoms with van der Waals surface area (Å²) in [5, 5.41) is 11.2. The summed E-state index contributed by atoms with van der Waals surface area (Å²) in [7, 11) is 1.55. The van der Waals surface area contributed by atoms with Crippen molar-refractivity contribution in [1.29, 1.82) is 0 Å². The number of carbonyl (C=O) groups excluding carboxylic acids is 1. The number of methoxy groups -OCH3 is 1. The van der Waals surface area contributed by atoms with Crippen LogP contribution in [0.2, 0.25) is 0 Å². The van der Waals surface area contributed by atoms with Gasteiger partial charge in [-0.05, 0) is 36.4 Å². The third kappa shape index (κ3) is 5.39.